The molecule has 2 aromatic heterocycles. The Bertz CT molecular complexity index is 3190. The predicted molar refractivity (Wildman–Crippen MR) is 233 cm³/mol. The van der Waals surface area contributed by atoms with Gasteiger partial charge >= 0.3 is 0 Å². The zero-order valence-corrected chi connectivity index (χ0v) is 30.3. The number of anilines is 3. The van der Waals surface area contributed by atoms with Crippen LogP contribution in [0.3, 0.4) is 0 Å². The summed E-state index contributed by atoms with van der Waals surface area (Å²) in [7, 11) is 0. The van der Waals surface area contributed by atoms with E-state index in [4.69, 9.17) is 0 Å². The van der Waals surface area contributed by atoms with Crippen LogP contribution in [0.25, 0.3) is 84.1 Å². The summed E-state index contributed by atoms with van der Waals surface area (Å²) < 4.78 is 5.22. The summed E-state index contributed by atoms with van der Waals surface area (Å²) in [4.78, 5) is 2.56. The zero-order valence-electron chi connectivity index (χ0n) is 28.7. The first-order valence-corrected chi connectivity index (χ1v) is 19.6. The average Bonchev–Trinajstić information content (AvgIpc) is 3.81. The molecule has 248 valence electrons. The van der Waals surface area contributed by atoms with Gasteiger partial charge in [0.05, 0.1) is 16.1 Å². The molecular formula is C50H31NS2. The van der Waals surface area contributed by atoms with Crippen LogP contribution in [0.1, 0.15) is 0 Å². The highest BCUT2D eigenvalue weighted by molar-refractivity contribution is 7.26. The Morgan fingerprint density at radius 3 is 1.58 bits per heavy atom. The smallest absolute Gasteiger partial charge is 0.0640 e. The van der Waals surface area contributed by atoms with E-state index in [0.29, 0.717) is 0 Å². The van der Waals surface area contributed by atoms with Gasteiger partial charge in [-0.15, -0.1) is 22.7 Å². The quantitative estimate of drug-likeness (QED) is 0.161. The maximum absolute atomic E-state index is 2.56. The Morgan fingerprint density at radius 1 is 0.340 bits per heavy atom. The molecule has 0 amide bonds. The minimum absolute atomic E-state index is 1.13. The monoisotopic (exact) mass is 709 g/mol. The second-order valence-electron chi connectivity index (χ2n) is 13.6. The molecule has 0 spiro atoms. The van der Waals surface area contributed by atoms with Crippen LogP contribution in [0.4, 0.5) is 17.1 Å². The fourth-order valence-corrected chi connectivity index (χ4v) is 10.8. The van der Waals surface area contributed by atoms with Gasteiger partial charge < -0.3 is 4.90 Å². The largest absolute Gasteiger partial charge is 0.308 e. The molecule has 0 saturated heterocycles. The lowest BCUT2D eigenvalue weighted by molar-refractivity contribution is 1.32. The van der Waals surface area contributed by atoms with Crippen LogP contribution in [-0.4, -0.2) is 0 Å². The summed E-state index contributed by atoms with van der Waals surface area (Å²) in [6, 6.07) is 69.2. The predicted octanol–water partition coefficient (Wildman–Crippen LogP) is 15.5. The topological polar surface area (TPSA) is 3.24 Å². The Labute approximate surface area is 315 Å². The molecule has 0 aliphatic heterocycles. The average molecular weight is 710 g/mol. The molecule has 11 rings (SSSR count). The van der Waals surface area contributed by atoms with E-state index < -0.39 is 0 Å². The van der Waals surface area contributed by atoms with Crippen molar-refractivity contribution in [3.05, 3.63) is 188 Å². The van der Waals surface area contributed by atoms with Crippen LogP contribution in [-0.2, 0) is 0 Å². The maximum Gasteiger partial charge on any atom is 0.0640 e. The van der Waals surface area contributed by atoms with Gasteiger partial charge in [0.15, 0.2) is 0 Å². The Morgan fingerprint density at radius 2 is 0.849 bits per heavy atom. The highest BCUT2D eigenvalue weighted by atomic mass is 32.1. The number of nitrogens with zero attached hydrogens (tertiary/aromatic N) is 1. The molecule has 53 heavy (non-hydrogen) atoms. The molecule has 9 aromatic carbocycles. The normalized spacial score (nSPS) is 11.8. The summed E-state index contributed by atoms with van der Waals surface area (Å²) in [5.41, 5.74) is 8.39. The first-order valence-electron chi connectivity index (χ1n) is 18.0. The van der Waals surface area contributed by atoms with Gasteiger partial charge in [-0.1, -0.05) is 158 Å². The standard InChI is InChI=1S/C50H31NS2/c1-2-15-32(16-3-1)47-40-23-6-4-19-36(40)37-20-5-7-24-41(37)48(47)51(44-28-14-27-43-39-22-9-11-30-46(39)53-50(43)44)34-18-12-17-33(31-34)35-25-13-26-42-38-21-8-10-29-45(38)52-49(35)42/h1-31H. The van der Waals surface area contributed by atoms with Crippen LogP contribution < -0.4 is 4.90 Å². The lowest BCUT2D eigenvalue weighted by atomic mass is 9.90. The molecule has 0 atom stereocenters. The van der Waals surface area contributed by atoms with E-state index in [1.807, 2.05) is 22.7 Å². The number of fused-ring (bicyclic) bond motifs is 9. The summed E-state index contributed by atoms with van der Waals surface area (Å²) in [5, 5.41) is 10.2. The van der Waals surface area contributed by atoms with E-state index in [0.717, 1.165) is 5.69 Å². The third-order valence-electron chi connectivity index (χ3n) is 10.6. The van der Waals surface area contributed by atoms with Gasteiger partial charge in [-0.3, -0.25) is 0 Å². The minimum Gasteiger partial charge on any atom is -0.308 e. The summed E-state index contributed by atoms with van der Waals surface area (Å²) in [6.45, 7) is 0. The van der Waals surface area contributed by atoms with Crippen LogP contribution in [0.5, 0.6) is 0 Å². The van der Waals surface area contributed by atoms with Gasteiger partial charge in [0.1, 0.15) is 0 Å². The number of hydrogen-bond acceptors (Lipinski definition) is 3. The van der Waals surface area contributed by atoms with Gasteiger partial charge in [0.25, 0.3) is 0 Å². The number of hydrogen-bond donors (Lipinski definition) is 0. The fraction of sp³-hybridized carbons (Fsp3) is 0. The van der Waals surface area contributed by atoms with Crippen molar-refractivity contribution >= 4 is 102 Å². The molecule has 0 radical (unpaired) electrons. The SMILES string of the molecule is c1ccc(-c2c(N(c3cccc(-c4cccc5c4sc4ccccc45)c3)c3cccc4c3sc3ccccc34)c3ccccc3c3ccccc23)cc1. The Hall–Kier alpha value is -6.26. The summed E-state index contributed by atoms with van der Waals surface area (Å²) >= 11 is 3.77. The zero-order chi connectivity index (χ0) is 34.9. The van der Waals surface area contributed by atoms with E-state index in [2.05, 4.69) is 193 Å². The molecule has 0 saturated carbocycles. The van der Waals surface area contributed by atoms with Crippen molar-refractivity contribution in [2.24, 2.45) is 0 Å². The Balaban J connectivity index is 1.27. The second kappa shape index (κ2) is 12.2. The minimum atomic E-state index is 1.13. The van der Waals surface area contributed by atoms with Gasteiger partial charge in [0.2, 0.25) is 0 Å². The van der Waals surface area contributed by atoms with Crippen molar-refractivity contribution in [2.45, 2.75) is 0 Å². The van der Waals surface area contributed by atoms with Gasteiger partial charge in [-0.05, 0) is 63.2 Å². The molecule has 2 heterocycles. The third kappa shape index (κ3) is 4.75. The molecule has 0 N–H and O–H groups in total. The molecule has 1 nitrogen and oxygen atoms in total. The van der Waals surface area contributed by atoms with Crippen LogP contribution >= 0.6 is 22.7 Å². The summed E-state index contributed by atoms with van der Waals surface area (Å²) in [5.74, 6) is 0. The van der Waals surface area contributed by atoms with E-state index in [-0.39, 0.29) is 0 Å². The molecule has 0 fully saturated rings. The number of thiophene rings is 2. The molecular weight excluding hydrogens is 679 g/mol. The van der Waals surface area contributed by atoms with E-state index in [9.17, 15) is 0 Å². The van der Waals surface area contributed by atoms with Crippen molar-refractivity contribution in [1.82, 2.24) is 0 Å². The molecule has 0 bridgehead atoms. The maximum atomic E-state index is 2.56. The lowest BCUT2D eigenvalue weighted by Crippen LogP contribution is -2.12. The van der Waals surface area contributed by atoms with Crippen molar-refractivity contribution < 1.29 is 0 Å². The van der Waals surface area contributed by atoms with E-state index in [1.165, 1.54) is 95.5 Å². The molecule has 0 aliphatic rings. The van der Waals surface area contributed by atoms with Gasteiger partial charge in [-0.2, -0.15) is 0 Å². The highest BCUT2D eigenvalue weighted by Crippen LogP contribution is 2.52. The molecule has 11 aromatic rings. The molecule has 0 aliphatic carbocycles. The van der Waals surface area contributed by atoms with E-state index >= 15 is 0 Å². The van der Waals surface area contributed by atoms with Crippen LogP contribution in [0.15, 0.2) is 188 Å². The lowest BCUT2D eigenvalue weighted by Gasteiger charge is -2.31. The highest BCUT2D eigenvalue weighted by Gasteiger charge is 2.26. The number of benzene rings is 9. The van der Waals surface area contributed by atoms with Crippen molar-refractivity contribution in [3.8, 4) is 22.3 Å². The van der Waals surface area contributed by atoms with Gasteiger partial charge in [0, 0.05) is 52.3 Å². The van der Waals surface area contributed by atoms with Crippen LogP contribution in [0.2, 0.25) is 0 Å². The van der Waals surface area contributed by atoms with Gasteiger partial charge in [-0.25, -0.2) is 0 Å². The van der Waals surface area contributed by atoms with Crippen molar-refractivity contribution in [3.63, 3.8) is 0 Å². The van der Waals surface area contributed by atoms with Crippen LogP contribution in [0, 0.1) is 0 Å². The third-order valence-corrected chi connectivity index (χ3v) is 13.1. The fourth-order valence-electron chi connectivity index (χ4n) is 8.34. The molecule has 3 heteroatoms. The number of rotatable bonds is 5. The van der Waals surface area contributed by atoms with Crippen molar-refractivity contribution in [1.29, 1.82) is 0 Å². The summed E-state index contributed by atoms with van der Waals surface area (Å²) in [6.07, 6.45) is 0. The second-order valence-corrected chi connectivity index (χ2v) is 15.7. The van der Waals surface area contributed by atoms with Crippen molar-refractivity contribution in [2.75, 3.05) is 4.90 Å². The van der Waals surface area contributed by atoms with E-state index in [1.54, 1.807) is 0 Å². The molecule has 0 unspecified atom stereocenters. The first-order chi connectivity index (χ1) is 26.3. The Kier molecular flexibility index (Phi) is 6.97. The first kappa shape index (κ1) is 30.4.